The van der Waals surface area contributed by atoms with E-state index in [9.17, 15) is 13.4 Å². The number of rotatable bonds is 12. The zero-order valence-corrected chi connectivity index (χ0v) is 26.0. The van der Waals surface area contributed by atoms with E-state index in [-0.39, 0.29) is 16.8 Å². The second-order valence-electron chi connectivity index (χ2n) is 11.1. The van der Waals surface area contributed by atoms with Gasteiger partial charge in [-0.2, -0.15) is 0 Å². The molecule has 1 amide bonds. The zero-order valence-electron chi connectivity index (χ0n) is 23.6. The molecule has 2 aliphatic rings. The number of benzene rings is 2. The van der Waals surface area contributed by atoms with E-state index < -0.39 is 40.6 Å². The Balaban J connectivity index is 1.31. The maximum atomic E-state index is 15.2. The number of nitrogens with zero attached hydrogens (tertiary/aromatic N) is 3. The number of hydrogen-bond acceptors (Lipinski definition) is 5. The van der Waals surface area contributed by atoms with Gasteiger partial charge in [0.05, 0.1) is 10.0 Å². The minimum atomic E-state index is -1.78. The van der Waals surface area contributed by atoms with Crippen molar-refractivity contribution in [2.45, 2.75) is 55.8 Å². The van der Waals surface area contributed by atoms with Crippen molar-refractivity contribution in [3.05, 3.63) is 98.1 Å². The molecule has 3 heterocycles. The van der Waals surface area contributed by atoms with E-state index in [0.29, 0.717) is 58.7 Å². The number of amides is 1. The van der Waals surface area contributed by atoms with Crippen molar-refractivity contribution in [1.82, 2.24) is 15.2 Å². The fourth-order valence-corrected chi connectivity index (χ4v) is 6.81. The van der Waals surface area contributed by atoms with Crippen LogP contribution in [0.4, 0.5) is 14.5 Å². The molecule has 0 bridgehead atoms. The quantitative estimate of drug-likeness (QED) is 0.169. The number of halogens is 4. The van der Waals surface area contributed by atoms with Crippen molar-refractivity contribution in [1.29, 1.82) is 0 Å². The molecule has 7 unspecified atom stereocenters. The zero-order chi connectivity index (χ0) is 31.4. The average Bonchev–Trinajstić information content (AvgIpc) is 3.79. The van der Waals surface area contributed by atoms with Gasteiger partial charge in [0, 0.05) is 60.6 Å². The summed E-state index contributed by atoms with van der Waals surface area (Å²) >= 11 is 10.3. The second-order valence-corrected chi connectivity index (χ2v) is 13.0. The predicted molar refractivity (Wildman–Crippen MR) is 169 cm³/mol. The van der Waals surface area contributed by atoms with Gasteiger partial charge >= 0.3 is 11.9 Å². The van der Waals surface area contributed by atoms with Crippen molar-refractivity contribution in [2.24, 2.45) is 0 Å². The SMILES string of the molecule is C#[N+]C(C(=O)Nc1cccc(F)c1CCC1NCC(CCCS(=O)O)N2CC12)C(c1cncc(Cl)c1)c1ccc(Cl)c(F)c1. The molecular formula is C31H32Cl2F2N5O3S+. The molecule has 2 aliphatic heterocycles. The van der Waals surface area contributed by atoms with Crippen LogP contribution in [-0.4, -0.2) is 67.6 Å². The molecule has 3 aromatic rings. The summed E-state index contributed by atoms with van der Waals surface area (Å²) in [6.07, 6.45) is 5.46. The Morgan fingerprint density at radius 3 is 2.73 bits per heavy atom. The van der Waals surface area contributed by atoms with Gasteiger partial charge in [-0.15, -0.1) is 0 Å². The summed E-state index contributed by atoms with van der Waals surface area (Å²) in [4.78, 5) is 24.1. The second kappa shape index (κ2) is 14.4. The number of aromatic nitrogens is 1. The van der Waals surface area contributed by atoms with Gasteiger partial charge in [-0.25, -0.2) is 13.0 Å². The fraction of sp³-hybridized carbons (Fsp3) is 0.387. The molecule has 44 heavy (non-hydrogen) atoms. The summed E-state index contributed by atoms with van der Waals surface area (Å²) in [6.45, 7) is 7.47. The topological polar surface area (TPSA) is 98.7 Å². The first-order chi connectivity index (χ1) is 21.2. The van der Waals surface area contributed by atoms with E-state index in [2.05, 4.69) is 25.4 Å². The molecule has 8 nitrogen and oxygen atoms in total. The summed E-state index contributed by atoms with van der Waals surface area (Å²) in [5.41, 5.74) is 1.52. The molecule has 2 aromatic carbocycles. The van der Waals surface area contributed by atoms with Gasteiger partial charge in [-0.05, 0) is 67.1 Å². The van der Waals surface area contributed by atoms with Crippen LogP contribution < -0.4 is 10.6 Å². The van der Waals surface area contributed by atoms with E-state index in [0.717, 1.165) is 19.5 Å². The lowest BCUT2D eigenvalue weighted by atomic mass is 9.85. The van der Waals surface area contributed by atoms with Crippen molar-refractivity contribution in [3.63, 3.8) is 0 Å². The van der Waals surface area contributed by atoms with E-state index in [1.54, 1.807) is 18.2 Å². The van der Waals surface area contributed by atoms with E-state index >= 15 is 4.39 Å². The highest BCUT2D eigenvalue weighted by molar-refractivity contribution is 7.79. The van der Waals surface area contributed by atoms with Crippen LogP contribution in [0, 0.1) is 18.2 Å². The third kappa shape index (κ3) is 7.62. The van der Waals surface area contributed by atoms with Gasteiger partial charge in [0.15, 0.2) is 11.1 Å². The molecule has 0 aliphatic carbocycles. The molecule has 13 heteroatoms. The molecule has 2 fully saturated rings. The Bertz CT molecular complexity index is 1590. The number of pyridine rings is 1. The maximum Gasteiger partial charge on any atom is 0.359 e. The first-order valence-corrected chi connectivity index (χ1v) is 16.3. The Hall–Kier alpha value is -2.98. The highest BCUT2D eigenvalue weighted by atomic mass is 35.5. The molecule has 0 spiro atoms. The highest BCUT2D eigenvalue weighted by Crippen LogP contribution is 2.35. The Morgan fingerprint density at radius 1 is 1.18 bits per heavy atom. The van der Waals surface area contributed by atoms with Crippen molar-refractivity contribution < 1.29 is 22.3 Å². The Morgan fingerprint density at radius 2 is 2.00 bits per heavy atom. The van der Waals surface area contributed by atoms with Crippen LogP contribution in [0.15, 0.2) is 54.9 Å². The van der Waals surface area contributed by atoms with Gasteiger partial charge in [0.1, 0.15) is 17.6 Å². The molecule has 1 aromatic heterocycles. The summed E-state index contributed by atoms with van der Waals surface area (Å²) < 4.78 is 49.7. The Labute approximate surface area is 267 Å². The first kappa shape index (κ1) is 32.4. The number of fused-ring (bicyclic) bond motifs is 1. The van der Waals surface area contributed by atoms with Crippen LogP contribution >= 0.6 is 23.2 Å². The van der Waals surface area contributed by atoms with Crippen LogP contribution in [0.25, 0.3) is 4.85 Å². The number of hydrogen-bond donors (Lipinski definition) is 3. The summed E-state index contributed by atoms with van der Waals surface area (Å²) in [6, 6.07) is 9.81. The first-order valence-electron chi connectivity index (χ1n) is 14.3. The minimum Gasteiger partial charge on any atom is -0.319 e. The Kier molecular flexibility index (Phi) is 10.6. The predicted octanol–water partition coefficient (Wildman–Crippen LogP) is 5.73. The lowest BCUT2D eigenvalue weighted by Crippen LogP contribution is -2.49. The molecule has 2 saturated heterocycles. The number of carbonyl (C=O) groups is 1. The summed E-state index contributed by atoms with van der Waals surface area (Å²) in [7, 11) is 0. The lowest BCUT2D eigenvalue weighted by molar-refractivity contribution is -0.116. The third-order valence-corrected chi connectivity index (χ3v) is 9.46. The van der Waals surface area contributed by atoms with Crippen molar-refractivity contribution in [2.75, 3.05) is 24.2 Å². The van der Waals surface area contributed by atoms with Crippen LogP contribution in [0.5, 0.6) is 0 Å². The van der Waals surface area contributed by atoms with Gasteiger partial charge < -0.3 is 15.2 Å². The van der Waals surface area contributed by atoms with Gasteiger partial charge in [0.25, 0.3) is 6.57 Å². The largest absolute Gasteiger partial charge is 0.359 e. The molecule has 0 radical (unpaired) electrons. The molecular weight excluding hydrogens is 631 g/mol. The summed E-state index contributed by atoms with van der Waals surface area (Å²) in [5, 5.41) is 6.60. The van der Waals surface area contributed by atoms with Crippen molar-refractivity contribution >= 4 is 45.9 Å². The van der Waals surface area contributed by atoms with Crippen LogP contribution in [0.3, 0.4) is 0 Å². The molecule has 232 valence electrons. The average molecular weight is 664 g/mol. The number of carbonyl (C=O) groups excluding carboxylic acids is 1. The number of piperazine rings is 1. The number of nitrogens with one attached hydrogen (secondary N) is 2. The van der Waals surface area contributed by atoms with Gasteiger partial charge in [-0.1, -0.05) is 40.2 Å². The van der Waals surface area contributed by atoms with Gasteiger partial charge in [0.2, 0.25) is 0 Å². The van der Waals surface area contributed by atoms with Crippen LogP contribution in [-0.2, 0) is 22.3 Å². The van der Waals surface area contributed by atoms with Crippen LogP contribution in [0.2, 0.25) is 10.0 Å². The van der Waals surface area contributed by atoms with Crippen LogP contribution in [0.1, 0.15) is 41.9 Å². The third-order valence-electron chi connectivity index (χ3n) is 8.31. The van der Waals surface area contributed by atoms with E-state index in [4.69, 9.17) is 34.3 Å². The highest BCUT2D eigenvalue weighted by Gasteiger charge is 2.47. The smallest absolute Gasteiger partial charge is 0.319 e. The van der Waals surface area contributed by atoms with E-state index in [1.807, 2.05) is 0 Å². The lowest BCUT2D eigenvalue weighted by Gasteiger charge is -2.31. The van der Waals surface area contributed by atoms with E-state index in [1.165, 1.54) is 36.7 Å². The fourth-order valence-electron chi connectivity index (χ4n) is 6.10. The van der Waals surface area contributed by atoms with Gasteiger partial charge in [-0.3, -0.25) is 14.7 Å². The normalized spacial score (nSPS) is 22.7. The molecule has 0 saturated carbocycles. The summed E-state index contributed by atoms with van der Waals surface area (Å²) in [5.74, 6) is -2.33. The molecule has 3 N–H and O–H groups in total. The minimum absolute atomic E-state index is 0.0801. The molecule has 7 atom stereocenters. The molecule has 5 rings (SSSR count). The monoisotopic (exact) mass is 662 g/mol. The standard InChI is InChI=1S/C31H31Cl2F2N5O3S/c1-36-30(29(19-12-20(32)15-37-14-19)18-7-9-23(33)25(35)13-18)31(41)39-26-6-2-5-24(34)22(26)8-10-27-28-17-40(28)21(16-38-27)4-3-11-44(42)43/h1-2,5-7,9,12-15,21,27-30,38H,3-4,8,10-11,16-17H2,(H-,39,41,42,43)/p+1. The number of anilines is 1. The maximum absolute atomic E-state index is 15.2. The van der Waals surface area contributed by atoms with Crippen molar-refractivity contribution in [3.8, 4) is 6.57 Å².